The van der Waals surface area contributed by atoms with Crippen molar-refractivity contribution >= 4 is 16.9 Å². The number of guanidine groups is 1. The van der Waals surface area contributed by atoms with Gasteiger partial charge < -0.3 is 25.1 Å². The van der Waals surface area contributed by atoms with E-state index in [1.807, 2.05) is 24.4 Å². The number of aromatic nitrogens is 1. The van der Waals surface area contributed by atoms with Crippen LogP contribution in [0.3, 0.4) is 0 Å². The summed E-state index contributed by atoms with van der Waals surface area (Å²) in [4.78, 5) is 7.41. The van der Waals surface area contributed by atoms with Gasteiger partial charge >= 0.3 is 0 Å². The first kappa shape index (κ1) is 17.2. The third kappa shape index (κ3) is 3.81. The van der Waals surface area contributed by atoms with Crippen LogP contribution >= 0.6 is 0 Å². The van der Waals surface area contributed by atoms with Crippen LogP contribution in [0, 0.1) is 5.82 Å². The van der Waals surface area contributed by atoms with E-state index in [1.165, 1.54) is 6.07 Å². The quantitative estimate of drug-likeness (QED) is 0.478. The van der Waals surface area contributed by atoms with E-state index in [-0.39, 0.29) is 12.6 Å². The first-order valence-electron chi connectivity index (χ1n) is 8.81. The van der Waals surface area contributed by atoms with Gasteiger partial charge in [0, 0.05) is 37.2 Å². The third-order valence-corrected chi connectivity index (χ3v) is 4.54. The standard InChI is InChI=1S/C20H21FN4O2/c1-22-20(25-10-13-2-5-18-19(8-13)27-12-26-18)23-7-6-14-11-24-17-4-3-15(21)9-16(14)17/h2-5,8-9,11,24H,6-7,10,12H2,1H3,(H2,22,23,25). The average Bonchev–Trinajstić information content (AvgIpc) is 3.30. The minimum atomic E-state index is -0.225. The maximum absolute atomic E-state index is 13.5. The summed E-state index contributed by atoms with van der Waals surface area (Å²) in [6, 6.07) is 10.6. The van der Waals surface area contributed by atoms with Crippen LogP contribution in [-0.4, -0.2) is 31.3 Å². The van der Waals surface area contributed by atoms with Gasteiger partial charge in [-0.15, -0.1) is 0 Å². The second kappa shape index (κ2) is 7.57. The lowest BCUT2D eigenvalue weighted by Crippen LogP contribution is -2.37. The van der Waals surface area contributed by atoms with Gasteiger partial charge in [0.25, 0.3) is 0 Å². The highest BCUT2D eigenvalue weighted by molar-refractivity contribution is 5.83. The predicted molar refractivity (Wildman–Crippen MR) is 103 cm³/mol. The van der Waals surface area contributed by atoms with E-state index in [2.05, 4.69) is 20.6 Å². The molecule has 0 atom stereocenters. The molecule has 0 unspecified atom stereocenters. The fourth-order valence-electron chi connectivity index (χ4n) is 3.13. The lowest BCUT2D eigenvalue weighted by atomic mass is 10.1. The summed E-state index contributed by atoms with van der Waals surface area (Å²) in [6.07, 6.45) is 2.68. The Balaban J connectivity index is 1.31. The van der Waals surface area contributed by atoms with Crippen molar-refractivity contribution in [3.63, 3.8) is 0 Å². The lowest BCUT2D eigenvalue weighted by molar-refractivity contribution is 0.174. The molecular formula is C20H21FN4O2. The lowest BCUT2D eigenvalue weighted by Gasteiger charge is -2.12. The predicted octanol–water partition coefficient (Wildman–Crippen LogP) is 2.94. The average molecular weight is 368 g/mol. The normalized spacial score (nSPS) is 13.2. The van der Waals surface area contributed by atoms with E-state index in [1.54, 1.807) is 19.2 Å². The van der Waals surface area contributed by atoms with Crippen LogP contribution in [-0.2, 0) is 13.0 Å². The summed E-state index contributed by atoms with van der Waals surface area (Å²) in [5.41, 5.74) is 3.09. The molecule has 7 heteroatoms. The molecule has 0 spiro atoms. The number of nitrogens with one attached hydrogen (secondary N) is 3. The van der Waals surface area contributed by atoms with Crippen LogP contribution in [0.4, 0.5) is 4.39 Å². The zero-order valence-electron chi connectivity index (χ0n) is 15.0. The number of fused-ring (bicyclic) bond motifs is 2. The molecule has 6 nitrogen and oxygen atoms in total. The monoisotopic (exact) mass is 368 g/mol. The second-order valence-electron chi connectivity index (χ2n) is 6.29. The largest absolute Gasteiger partial charge is 0.454 e. The summed E-state index contributed by atoms with van der Waals surface area (Å²) in [7, 11) is 1.73. The van der Waals surface area contributed by atoms with Crippen LogP contribution in [0.25, 0.3) is 10.9 Å². The van der Waals surface area contributed by atoms with Crippen molar-refractivity contribution < 1.29 is 13.9 Å². The SMILES string of the molecule is CN=C(NCCc1c[nH]c2ccc(F)cc12)NCc1ccc2c(c1)OCO2. The van der Waals surface area contributed by atoms with Gasteiger partial charge in [-0.2, -0.15) is 0 Å². The molecule has 0 radical (unpaired) electrons. The van der Waals surface area contributed by atoms with Crippen LogP contribution in [0.2, 0.25) is 0 Å². The van der Waals surface area contributed by atoms with E-state index in [0.29, 0.717) is 19.0 Å². The number of rotatable bonds is 5. The Morgan fingerprint density at radius 1 is 1.15 bits per heavy atom. The Labute approximate surface area is 156 Å². The fourth-order valence-corrected chi connectivity index (χ4v) is 3.13. The van der Waals surface area contributed by atoms with E-state index in [9.17, 15) is 4.39 Å². The molecular weight excluding hydrogens is 347 g/mol. The van der Waals surface area contributed by atoms with Gasteiger partial charge in [-0.3, -0.25) is 4.99 Å². The van der Waals surface area contributed by atoms with Crippen molar-refractivity contribution in [1.29, 1.82) is 0 Å². The van der Waals surface area contributed by atoms with Gasteiger partial charge in [-0.05, 0) is 47.9 Å². The van der Waals surface area contributed by atoms with Gasteiger partial charge in [0.1, 0.15) is 5.82 Å². The Hall–Kier alpha value is -3.22. The number of aromatic amines is 1. The maximum Gasteiger partial charge on any atom is 0.231 e. The van der Waals surface area contributed by atoms with Crippen molar-refractivity contribution in [2.45, 2.75) is 13.0 Å². The number of hydrogen-bond acceptors (Lipinski definition) is 3. The van der Waals surface area contributed by atoms with E-state index >= 15 is 0 Å². The topological polar surface area (TPSA) is 70.7 Å². The molecule has 1 aliphatic heterocycles. The molecule has 0 bridgehead atoms. The molecule has 4 rings (SSSR count). The smallest absolute Gasteiger partial charge is 0.231 e. The molecule has 1 aliphatic rings. The van der Waals surface area contributed by atoms with Crippen LogP contribution in [0.5, 0.6) is 11.5 Å². The summed E-state index contributed by atoms with van der Waals surface area (Å²) in [5, 5.41) is 7.48. The number of hydrogen-bond donors (Lipinski definition) is 3. The molecule has 140 valence electrons. The van der Waals surface area contributed by atoms with Gasteiger partial charge in [0.2, 0.25) is 6.79 Å². The zero-order chi connectivity index (χ0) is 18.6. The number of H-pyrrole nitrogens is 1. The molecule has 0 amide bonds. The molecule has 3 aromatic rings. The van der Waals surface area contributed by atoms with Crippen LogP contribution < -0.4 is 20.1 Å². The Bertz CT molecular complexity index is 983. The summed E-state index contributed by atoms with van der Waals surface area (Å²) in [5.74, 6) is 2.02. The minimum Gasteiger partial charge on any atom is -0.454 e. The van der Waals surface area contributed by atoms with E-state index in [0.717, 1.165) is 39.9 Å². The molecule has 0 saturated heterocycles. The maximum atomic E-state index is 13.5. The van der Waals surface area contributed by atoms with Crippen molar-refractivity contribution in [3.8, 4) is 11.5 Å². The van der Waals surface area contributed by atoms with Crippen molar-refractivity contribution in [3.05, 3.63) is 59.5 Å². The summed E-state index contributed by atoms with van der Waals surface area (Å²) < 4.78 is 24.2. The molecule has 27 heavy (non-hydrogen) atoms. The molecule has 3 N–H and O–H groups in total. The molecule has 1 aromatic heterocycles. The van der Waals surface area contributed by atoms with Gasteiger partial charge in [0.05, 0.1) is 0 Å². The highest BCUT2D eigenvalue weighted by atomic mass is 19.1. The molecule has 2 heterocycles. The molecule has 2 aromatic carbocycles. The summed E-state index contributed by atoms with van der Waals surface area (Å²) >= 11 is 0. The highest BCUT2D eigenvalue weighted by Crippen LogP contribution is 2.32. The van der Waals surface area contributed by atoms with Crippen LogP contribution in [0.1, 0.15) is 11.1 Å². The van der Waals surface area contributed by atoms with Crippen molar-refractivity contribution in [1.82, 2.24) is 15.6 Å². The highest BCUT2D eigenvalue weighted by Gasteiger charge is 2.13. The zero-order valence-corrected chi connectivity index (χ0v) is 15.0. The first-order valence-corrected chi connectivity index (χ1v) is 8.81. The molecule has 0 aliphatic carbocycles. The molecule has 0 fully saturated rings. The number of benzene rings is 2. The Morgan fingerprint density at radius 3 is 2.93 bits per heavy atom. The first-order chi connectivity index (χ1) is 13.2. The van der Waals surface area contributed by atoms with Crippen molar-refractivity contribution in [2.75, 3.05) is 20.4 Å². The van der Waals surface area contributed by atoms with Gasteiger partial charge in [0.15, 0.2) is 17.5 Å². The van der Waals surface area contributed by atoms with E-state index in [4.69, 9.17) is 9.47 Å². The van der Waals surface area contributed by atoms with Crippen LogP contribution in [0.15, 0.2) is 47.6 Å². The Morgan fingerprint density at radius 2 is 2.04 bits per heavy atom. The number of aliphatic imine (C=N–C) groups is 1. The second-order valence-corrected chi connectivity index (χ2v) is 6.29. The van der Waals surface area contributed by atoms with E-state index < -0.39 is 0 Å². The number of halogens is 1. The van der Waals surface area contributed by atoms with Crippen molar-refractivity contribution in [2.24, 2.45) is 4.99 Å². The van der Waals surface area contributed by atoms with Gasteiger partial charge in [-0.1, -0.05) is 6.07 Å². The summed E-state index contributed by atoms with van der Waals surface area (Å²) in [6.45, 7) is 1.58. The molecule has 0 saturated carbocycles. The minimum absolute atomic E-state index is 0.225. The Kier molecular flexibility index (Phi) is 4.82. The number of nitrogens with zero attached hydrogens (tertiary/aromatic N) is 1. The van der Waals surface area contributed by atoms with Gasteiger partial charge in [-0.25, -0.2) is 4.39 Å². The fraction of sp³-hybridized carbons (Fsp3) is 0.250. The third-order valence-electron chi connectivity index (χ3n) is 4.54. The number of ether oxygens (including phenoxy) is 2.